The molecular formula is C25H33N7. The smallest absolute Gasteiger partial charge is 0.158 e. The standard InChI is InChI=1S/C25H33N7/c1-3-4-7-15-31(19(2)29-21-9-8-14-27-17-21)25-23(26)12-13-24(30-25)20-16-28-32(18-20)22-10-5-6-11-22/h8-9,12-14,16-18,22,29H,2-7,10-11,15,26H2,1H3. The molecule has 0 amide bonds. The summed E-state index contributed by atoms with van der Waals surface area (Å²) in [6.45, 7) is 7.26. The minimum absolute atomic E-state index is 0.506. The van der Waals surface area contributed by atoms with Gasteiger partial charge in [0.25, 0.3) is 0 Å². The van der Waals surface area contributed by atoms with Crippen LogP contribution in [0.4, 0.5) is 17.2 Å². The highest BCUT2D eigenvalue weighted by Crippen LogP contribution is 2.32. The predicted molar refractivity (Wildman–Crippen MR) is 131 cm³/mol. The first-order chi connectivity index (χ1) is 15.7. The lowest BCUT2D eigenvalue weighted by molar-refractivity contribution is 0.467. The Bertz CT molecular complexity index is 1020. The largest absolute Gasteiger partial charge is 0.396 e. The molecule has 3 aromatic rings. The third kappa shape index (κ3) is 5.10. The van der Waals surface area contributed by atoms with E-state index in [2.05, 4.69) is 44.7 Å². The van der Waals surface area contributed by atoms with E-state index in [0.29, 0.717) is 17.5 Å². The highest BCUT2D eigenvalue weighted by atomic mass is 15.3. The van der Waals surface area contributed by atoms with Gasteiger partial charge in [-0.1, -0.05) is 39.2 Å². The average molecular weight is 432 g/mol. The molecule has 0 aromatic carbocycles. The number of hydrogen-bond acceptors (Lipinski definition) is 6. The highest BCUT2D eigenvalue weighted by molar-refractivity contribution is 5.72. The monoisotopic (exact) mass is 431 g/mol. The van der Waals surface area contributed by atoms with Crippen molar-refractivity contribution in [2.24, 2.45) is 0 Å². The van der Waals surface area contributed by atoms with E-state index in [0.717, 1.165) is 48.6 Å². The third-order valence-electron chi connectivity index (χ3n) is 6.02. The molecule has 1 saturated carbocycles. The highest BCUT2D eigenvalue weighted by Gasteiger charge is 2.20. The number of pyridine rings is 2. The molecule has 0 radical (unpaired) electrons. The van der Waals surface area contributed by atoms with E-state index in [-0.39, 0.29) is 0 Å². The van der Waals surface area contributed by atoms with Gasteiger partial charge in [0.15, 0.2) is 5.82 Å². The summed E-state index contributed by atoms with van der Waals surface area (Å²) in [6.07, 6.45) is 15.8. The molecule has 1 fully saturated rings. The Morgan fingerprint density at radius 1 is 1.22 bits per heavy atom. The van der Waals surface area contributed by atoms with Gasteiger partial charge in [-0.3, -0.25) is 9.67 Å². The van der Waals surface area contributed by atoms with Crippen molar-refractivity contribution in [3.8, 4) is 11.3 Å². The van der Waals surface area contributed by atoms with Gasteiger partial charge in [0.05, 0.1) is 35.5 Å². The van der Waals surface area contributed by atoms with Gasteiger partial charge in [-0.05, 0) is 43.5 Å². The molecule has 0 bridgehead atoms. The van der Waals surface area contributed by atoms with Crippen molar-refractivity contribution in [1.82, 2.24) is 19.7 Å². The fraction of sp³-hybridized carbons (Fsp3) is 0.400. The van der Waals surface area contributed by atoms with Crippen molar-refractivity contribution >= 4 is 17.2 Å². The van der Waals surface area contributed by atoms with Crippen LogP contribution >= 0.6 is 0 Å². The molecule has 3 aromatic heterocycles. The van der Waals surface area contributed by atoms with Crippen molar-refractivity contribution in [3.63, 3.8) is 0 Å². The summed E-state index contributed by atoms with van der Waals surface area (Å²) >= 11 is 0. The minimum Gasteiger partial charge on any atom is -0.396 e. The van der Waals surface area contributed by atoms with E-state index in [1.54, 1.807) is 12.4 Å². The molecule has 0 unspecified atom stereocenters. The molecule has 0 aliphatic heterocycles. The first kappa shape index (κ1) is 21.9. The van der Waals surface area contributed by atoms with Gasteiger partial charge in [0.1, 0.15) is 5.82 Å². The second kappa shape index (κ2) is 10.3. The summed E-state index contributed by atoms with van der Waals surface area (Å²) in [5.74, 6) is 1.45. The van der Waals surface area contributed by atoms with Crippen LogP contribution in [0.1, 0.15) is 57.9 Å². The number of unbranched alkanes of at least 4 members (excludes halogenated alkanes) is 2. The maximum atomic E-state index is 6.40. The van der Waals surface area contributed by atoms with Crippen molar-refractivity contribution in [1.29, 1.82) is 0 Å². The summed E-state index contributed by atoms with van der Waals surface area (Å²) in [7, 11) is 0. The molecule has 0 saturated heterocycles. The van der Waals surface area contributed by atoms with Crippen LogP contribution in [0.5, 0.6) is 0 Å². The minimum atomic E-state index is 0.506. The lowest BCUT2D eigenvalue weighted by Crippen LogP contribution is -2.29. The van der Waals surface area contributed by atoms with Crippen LogP contribution in [0.3, 0.4) is 0 Å². The van der Waals surface area contributed by atoms with Crippen molar-refractivity contribution in [2.75, 3.05) is 22.5 Å². The van der Waals surface area contributed by atoms with E-state index in [1.807, 2.05) is 30.5 Å². The molecular weight excluding hydrogens is 398 g/mol. The van der Waals surface area contributed by atoms with Gasteiger partial charge in [0, 0.05) is 24.5 Å². The van der Waals surface area contributed by atoms with Crippen LogP contribution in [0.15, 0.2) is 61.5 Å². The molecule has 7 nitrogen and oxygen atoms in total. The van der Waals surface area contributed by atoms with E-state index < -0.39 is 0 Å². The van der Waals surface area contributed by atoms with Crippen LogP contribution in [-0.4, -0.2) is 26.3 Å². The van der Waals surface area contributed by atoms with Crippen molar-refractivity contribution < 1.29 is 0 Å². The zero-order valence-electron chi connectivity index (χ0n) is 18.9. The Labute approximate surface area is 190 Å². The van der Waals surface area contributed by atoms with E-state index in [1.165, 1.54) is 25.7 Å². The fourth-order valence-electron chi connectivity index (χ4n) is 4.23. The van der Waals surface area contributed by atoms with Crippen molar-refractivity contribution in [3.05, 3.63) is 61.5 Å². The number of nitrogens with one attached hydrogen (secondary N) is 1. The first-order valence-corrected chi connectivity index (χ1v) is 11.6. The molecule has 32 heavy (non-hydrogen) atoms. The van der Waals surface area contributed by atoms with E-state index >= 15 is 0 Å². The summed E-state index contributed by atoms with van der Waals surface area (Å²) < 4.78 is 2.10. The number of rotatable bonds is 10. The lowest BCUT2D eigenvalue weighted by atomic mass is 10.2. The van der Waals surface area contributed by atoms with Gasteiger partial charge >= 0.3 is 0 Å². The topological polar surface area (TPSA) is 84.9 Å². The van der Waals surface area contributed by atoms with Gasteiger partial charge in [-0.15, -0.1) is 0 Å². The van der Waals surface area contributed by atoms with Crippen LogP contribution in [-0.2, 0) is 0 Å². The van der Waals surface area contributed by atoms with Crippen LogP contribution in [0.2, 0.25) is 0 Å². The average Bonchev–Trinajstić information content (AvgIpc) is 3.50. The molecule has 0 spiro atoms. The second-order valence-electron chi connectivity index (χ2n) is 8.43. The Morgan fingerprint density at radius 3 is 2.81 bits per heavy atom. The van der Waals surface area contributed by atoms with Gasteiger partial charge in [0.2, 0.25) is 0 Å². The maximum absolute atomic E-state index is 6.40. The quantitative estimate of drug-likeness (QED) is 0.405. The number of nitrogens with two attached hydrogens (primary N) is 1. The van der Waals surface area contributed by atoms with Gasteiger partial charge in [-0.2, -0.15) is 5.10 Å². The van der Waals surface area contributed by atoms with E-state index in [9.17, 15) is 0 Å². The SMILES string of the molecule is C=C(Nc1cccnc1)N(CCCCC)c1nc(-c2cnn(C3CCCC3)c2)ccc1N. The normalized spacial score (nSPS) is 13.9. The number of aromatic nitrogens is 4. The molecule has 1 aliphatic rings. The number of anilines is 3. The Morgan fingerprint density at radius 2 is 2.06 bits per heavy atom. The summed E-state index contributed by atoms with van der Waals surface area (Å²) in [6, 6.07) is 8.26. The summed E-state index contributed by atoms with van der Waals surface area (Å²) in [4.78, 5) is 11.2. The van der Waals surface area contributed by atoms with Gasteiger partial charge in [-0.25, -0.2) is 4.98 Å². The van der Waals surface area contributed by atoms with Gasteiger partial charge < -0.3 is 16.0 Å². The lowest BCUT2D eigenvalue weighted by Gasteiger charge is -2.28. The zero-order valence-corrected chi connectivity index (χ0v) is 18.9. The molecule has 3 N–H and O–H groups in total. The zero-order chi connectivity index (χ0) is 22.3. The molecule has 168 valence electrons. The second-order valence-corrected chi connectivity index (χ2v) is 8.43. The maximum Gasteiger partial charge on any atom is 0.158 e. The fourth-order valence-corrected chi connectivity index (χ4v) is 4.23. The number of hydrogen-bond donors (Lipinski definition) is 2. The first-order valence-electron chi connectivity index (χ1n) is 11.6. The third-order valence-corrected chi connectivity index (χ3v) is 6.02. The Kier molecular flexibility index (Phi) is 7.04. The molecule has 4 rings (SSSR count). The van der Waals surface area contributed by atoms with Crippen LogP contribution in [0.25, 0.3) is 11.3 Å². The number of nitrogens with zero attached hydrogens (tertiary/aromatic N) is 5. The van der Waals surface area contributed by atoms with E-state index in [4.69, 9.17) is 10.7 Å². The van der Waals surface area contributed by atoms with Crippen LogP contribution in [0, 0.1) is 0 Å². The Hall–Kier alpha value is -3.35. The predicted octanol–water partition coefficient (Wildman–Crippen LogP) is 5.62. The van der Waals surface area contributed by atoms with Crippen molar-refractivity contribution in [2.45, 2.75) is 57.9 Å². The van der Waals surface area contributed by atoms with Crippen LogP contribution < -0.4 is 16.0 Å². The Balaban J connectivity index is 1.60. The molecule has 7 heteroatoms. The summed E-state index contributed by atoms with van der Waals surface area (Å²) in [5, 5.41) is 7.97. The number of nitrogen functional groups attached to an aromatic ring is 1. The molecule has 1 aliphatic carbocycles. The summed E-state index contributed by atoms with van der Waals surface area (Å²) in [5.41, 5.74) is 9.79. The molecule has 0 atom stereocenters. The molecule has 3 heterocycles.